The van der Waals surface area contributed by atoms with Crippen molar-refractivity contribution in [1.82, 2.24) is 9.97 Å². The normalized spacial score (nSPS) is 24.7. The molecule has 6 heteroatoms. The zero-order chi connectivity index (χ0) is 20.4. The number of pyridine rings is 2. The van der Waals surface area contributed by atoms with Crippen molar-refractivity contribution in [2.45, 2.75) is 44.2 Å². The molecule has 3 aromatic rings. The number of aromatic nitrogens is 2. The molecule has 4 heterocycles. The zero-order valence-corrected chi connectivity index (χ0v) is 17.0. The third-order valence-corrected chi connectivity index (χ3v) is 6.36. The molecular formula is C23H24FN3O2. The first-order chi connectivity index (χ1) is 13.8. The van der Waals surface area contributed by atoms with Gasteiger partial charge in [0.2, 0.25) is 0 Å². The molecule has 1 N–H and O–H groups in total. The van der Waals surface area contributed by atoms with Gasteiger partial charge in [-0.25, -0.2) is 14.4 Å². The fourth-order valence-electron chi connectivity index (χ4n) is 5.08. The number of ether oxygens (including phenoxy) is 2. The molecule has 2 aliphatic heterocycles. The molecule has 2 unspecified atom stereocenters. The molecule has 0 amide bonds. The summed E-state index contributed by atoms with van der Waals surface area (Å²) in [5.74, 6) is 0.306. The molecule has 0 radical (unpaired) electrons. The molecule has 0 saturated carbocycles. The van der Waals surface area contributed by atoms with E-state index in [9.17, 15) is 0 Å². The highest BCUT2D eigenvalue weighted by Gasteiger charge is 2.53. The Bertz CT molecular complexity index is 1130. The van der Waals surface area contributed by atoms with Crippen LogP contribution in [0, 0.1) is 5.82 Å². The second-order valence-corrected chi connectivity index (χ2v) is 8.73. The summed E-state index contributed by atoms with van der Waals surface area (Å²) in [4.78, 5) is 8.95. The maximum absolute atomic E-state index is 15.2. The molecule has 0 aliphatic carbocycles. The predicted octanol–water partition coefficient (Wildman–Crippen LogP) is 4.70. The standard InChI is InChI=1S/C23H24FN3O2/c1-22(2)21-23(3,7-9-29-21)15-10-14(16(24)11-18(15)27-22)17-12-19(28-4)13-6-5-8-25-20(13)26-17/h5-6,8,10-12,21,27H,7,9H2,1-4H3. The van der Waals surface area contributed by atoms with Crippen LogP contribution in [0.4, 0.5) is 10.1 Å². The first-order valence-corrected chi connectivity index (χ1v) is 9.87. The lowest BCUT2D eigenvalue weighted by Crippen LogP contribution is -2.56. The minimum atomic E-state index is -0.321. The Morgan fingerprint density at radius 3 is 2.86 bits per heavy atom. The lowest BCUT2D eigenvalue weighted by molar-refractivity contribution is 0.0352. The van der Waals surface area contributed by atoms with Gasteiger partial charge in [0, 0.05) is 35.5 Å². The van der Waals surface area contributed by atoms with Crippen LogP contribution in [-0.4, -0.2) is 35.3 Å². The van der Waals surface area contributed by atoms with Crippen molar-refractivity contribution >= 4 is 16.7 Å². The minimum absolute atomic E-state index is 0.0153. The first-order valence-electron chi connectivity index (χ1n) is 9.87. The molecule has 29 heavy (non-hydrogen) atoms. The van der Waals surface area contributed by atoms with Crippen LogP contribution in [0.5, 0.6) is 5.75 Å². The molecule has 1 fully saturated rings. The Labute approximate surface area is 169 Å². The van der Waals surface area contributed by atoms with E-state index in [1.807, 2.05) is 18.2 Å². The third kappa shape index (κ3) is 2.62. The van der Waals surface area contributed by atoms with Gasteiger partial charge in [-0.2, -0.15) is 0 Å². The molecule has 1 saturated heterocycles. The summed E-state index contributed by atoms with van der Waals surface area (Å²) < 4.78 is 26.9. The highest BCUT2D eigenvalue weighted by molar-refractivity contribution is 5.85. The van der Waals surface area contributed by atoms with Crippen LogP contribution in [0.25, 0.3) is 22.3 Å². The van der Waals surface area contributed by atoms with Crippen molar-refractivity contribution in [3.63, 3.8) is 0 Å². The lowest BCUT2D eigenvalue weighted by Gasteiger charge is -2.48. The van der Waals surface area contributed by atoms with Gasteiger partial charge in [-0.05, 0) is 50.1 Å². The van der Waals surface area contributed by atoms with E-state index in [1.54, 1.807) is 25.4 Å². The fourth-order valence-corrected chi connectivity index (χ4v) is 5.08. The van der Waals surface area contributed by atoms with Crippen LogP contribution < -0.4 is 10.1 Å². The SMILES string of the molecule is COc1cc(-c2cc3c(cc2F)NC(C)(C)C2OCCC32C)nc2ncccc12. The van der Waals surface area contributed by atoms with Crippen molar-refractivity contribution in [3.05, 3.63) is 47.9 Å². The van der Waals surface area contributed by atoms with E-state index in [0.717, 1.165) is 23.1 Å². The summed E-state index contributed by atoms with van der Waals surface area (Å²) in [7, 11) is 1.60. The molecular weight excluding hydrogens is 369 g/mol. The lowest BCUT2D eigenvalue weighted by atomic mass is 9.67. The Morgan fingerprint density at radius 1 is 1.24 bits per heavy atom. The van der Waals surface area contributed by atoms with Crippen molar-refractivity contribution in [2.75, 3.05) is 19.0 Å². The minimum Gasteiger partial charge on any atom is -0.496 e. The van der Waals surface area contributed by atoms with Crippen molar-refractivity contribution < 1.29 is 13.9 Å². The predicted molar refractivity (Wildman–Crippen MR) is 111 cm³/mol. The monoisotopic (exact) mass is 393 g/mol. The topological polar surface area (TPSA) is 56.3 Å². The van der Waals surface area contributed by atoms with Gasteiger partial charge in [-0.15, -0.1) is 0 Å². The number of hydrogen-bond acceptors (Lipinski definition) is 5. The molecule has 0 bridgehead atoms. The van der Waals surface area contributed by atoms with Crippen LogP contribution in [0.3, 0.4) is 0 Å². The van der Waals surface area contributed by atoms with Crippen LogP contribution >= 0.6 is 0 Å². The summed E-state index contributed by atoms with van der Waals surface area (Å²) in [6.07, 6.45) is 2.59. The number of fused-ring (bicyclic) bond motifs is 4. The number of halogens is 1. The molecule has 5 rings (SSSR count). The number of nitrogens with zero attached hydrogens (tertiary/aromatic N) is 2. The van der Waals surface area contributed by atoms with E-state index < -0.39 is 0 Å². The Kier molecular flexibility index (Phi) is 3.87. The quantitative estimate of drug-likeness (QED) is 0.684. The van der Waals surface area contributed by atoms with Crippen molar-refractivity contribution in [2.24, 2.45) is 0 Å². The van der Waals surface area contributed by atoms with Gasteiger partial charge in [0.05, 0.1) is 29.8 Å². The van der Waals surface area contributed by atoms with Crippen LogP contribution in [-0.2, 0) is 10.2 Å². The number of hydrogen-bond donors (Lipinski definition) is 1. The smallest absolute Gasteiger partial charge is 0.163 e. The zero-order valence-electron chi connectivity index (χ0n) is 17.0. The number of benzene rings is 1. The second-order valence-electron chi connectivity index (χ2n) is 8.73. The maximum Gasteiger partial charge on any atom is 0.163 e. The first kappa shape index (κ1) is 18.3. The van der Waals surface area contributed by atoms with E-state index in [2.05, 4.69) is 36.1 Å². The van der Waals surface area contributed by atoms with Gasteiger partial charge in [-0.1, -0.05) is 6.92 Å². The Morgan fingerprint density at radius 2 is 2.07 bits per heavy atom. The molecule has 150 valence electrons. The Balaban J connectivity index is 1.72. The highest BCUT2D eigenvalue weighted by atomic mass is 19.1. The fraction of sp³-hybridized carbons (Fsp3) is 0.391. The van der Waals surface area contributed by atoms with Gasteiger partial charge < -0.3 is 14.8 Å². The number of nitrogens with one attached hydrogen (secondary N) is 1. The average Bonchev–Trinajstić information content (AvgIpc) is 3.10. The summed E-state index contributed by atoms with van der Waals surface area (Å²) in [5, 5.41) is 4.28. The van der Waals surface area contributed by atoms with Crippen LogP contribution in [0.15, 0.2) is 36.5 Å². The van der Waals surface area contributed by atoms with Gasteiger partial charge in [0.1, 0.15) is 11.6 Å². The summed E-state index contributed by atoms with van der Waals surface area (Å²) in [6, 6.07) is 9.02. The Hall–Kier alpha value is -2.73. The highest BCUT2D eigenvalue weighted by Crippen LogP contribution is 2.51. The summed E-state index contributed by atoms with van der Waals surface area (Å²) in [6.45, 7) is 7.13. The van der Waals surface area contributed by atoms with Crippen LogP contribution in [0.1, 0.15) is 32.8 Å². The summed E-state index contributed by atoms with van der Waals surface area (Å²) in [5.41, 5.74) is 2.92. The molecule has 1 aromatic carbocycles. The van der Waals surface area contributed by atoms with Crippen molar-refractivity contribution in [3.8, 4) is 17.0 Å². The van der Waals surface area contributed by atoms with E-state index >= 15 is 4.39 Å². The molecule has 0 spiro atoms. The van der Waals surface area contributed by atoms with Gasteiger partial charge in [-0.3, -0.25) is 0 Å². The van der Waals surface area contributed by atoms with E-state index in [0.29, 0.717) is 29.3 Å². The number of rotatable bonds is 2. The van der Waals surface area contributed by atoms with Crippen molar-refractivity contribution in [1.29, 1.82) is 0 Å². The molecule has 2 aromatic heterocycles. The van der Waals surface area contributed by atoms with E-state index in [-0.39, 0.29) is 22.9 Å². The largest absolute Gasteiger partial charge is 0.496 e. The molecule has 5 nitrogen and oxygen atoms in total. The second kappa shape index (κ2) is 6.13. The maximum atomic E-state index is 15.2. The number of anilines is 1. The third-order valence-electron chi connectivity index (χ3n) is 6.36. The van der Waals surface area contributed by atoms with E-state index in [4.69, 9.17) is 9.47 Å². The van der Waals surface area contributed by atoms with Gasteiger partial charge in [0.25, 0.3) is 0 Å². The van der Waals surface area contributed by atoms with Gasteiger partial charge in [0.15, 0.2) is 5.65 Å². The van der Waals surface area contributed by atoms with Gasteiger partial charge >= 0.3 is 0 Å². The molecule has 2 atom stereocenters. The summed E-state index contributed by atoms with van der Waals surface area (Å²) >= 11 is 0. The average molecular weight is 393 g/mol. The van der Waals surface area contributed by atoms with Crippen LogP contribution in [0.2, 0.25) is 0 Å². The van der Waals surface area contributed by atoms with E-state index in [1.165, 1.54) is 0 Å². The molecule has 2 aliphatic rings. The number of methoxy groups -OCH3 is 1.